The number of hydrogen-bond donors (Lipinski definition) is 1. The molecule has 120 valence electrons. The molecule has 0 aliphatic heterocycles. The molecular formula is C14H22ClFN2O2S. The molecule has 0 aliphatic rings. The number of hydrogen-bond acceptors (Lipinski definition) is 3. The van der Waals surface area contributed by atoms with Crippen LogP contribution in [0.5, 0.6) is 0 Å². The Kier molecular flexibility index (Phi) is 6.16. The number of nitrogens with zero attached hydrogens (tertiary/aromatic N) is 1. The van der Waals surface area contributed by atoms with Crippen molar-refractivity contribution in [1.82, 2.24) is 4.31 Å². The summed E-state index contributed by atoms with van der Waals surface area (Å²) in [5.74, 6) is -0.566. The molecule has 0 atom stereocenters. The highest BCUT2D eigenvalue weighted by Crippen LogP contribution is 2.28. The lowest BCUT2D eigenvalue weighted by atomic mass is 9.94. The minimum absolute atomic E-state index is 0.0770. The van der Waals surface area contributed by atoms with Crippen LogP contribution in [0.15, 0.2) is 23.1 Å². The molecule has 2 N–H and O–H groups in total. The van der Waals surface area contributed by atoms with Crippen molar-refractivity contribution in [2.75, 3.05) is 19.6 Å². The summed E-state index contributed by atoms with van der Waals surface area (Å²) < 4.78 is 39.9. The van der Waals surface area contributed by atoms with Gasteiger partial charge in [-0.25, -0.2) is 12.8 Å². The van der Waals surface area contributed by atoms with Gasteiger partial charge in [-0.05, 0) is 36.6 Å². The van der Waals surface area contributed by atoms with Gasteiger partial charge in [0, 0.05) is 13.1 Å². The van der Waals surface area contributed by atoms with Crippen LogP contribution in [-0.2, 0) is 10.0 Å². The first-order valence-corrected chi connectivity index (χ1v) is 8.61. The fourth-order valence-corrected chi connectivity index (χ4v) is 4.12. The van der Waals surface area contributed by atoms with Gasteiger partial charge in [-0.2, -0.15) is 4.31 Å². The maximum atomic E-state index is 13.1. The van der Waals surface area contributed by atoms with E-state index in [1.54, 1.807) is 0 Å². The van der Waals surface area contributed by atoms with E-state index < -0.39 is 15.8 Å². The van der Waals surface area contributed by atoms with Crippen LogP contribution in [0.2, 0.25) is 5.02 Å². The van der Waals surface area contributed by atoms with Crippen molar-refractivity contribution in [2.45, 2.75) is 32.1 Å². The number of benzene rings is 1. The minimum atomic E-state index is -3.77. The summed E-state index contributed by atoms with van der Waals surface area (Å²) in [6.07, 6.45) is 0.665. The van der Waals surface area contributed by atoms with E-state index in [2.05, 4.69) is 0 Å². The van der Waals surface area contributed by atoms with Crippen molar-refractivity contribution in [3.63, 3.8) is 0 Å². The van der Waals surface area contributed by atoms with Gasteiger partial charge in [0.1, 0.15) is 10.7 Å². The summed E-state index contributed by atoms with van der Waals surface area (Å²) >= 11 is 5.89. The van der Waals surface area contributed by atoms with Crippen LogP contribution in [0.1, 0.15) is 27.2 Å². The van der Waals surface area contributed by atoms with Crippen molar-refractivity contribution in [2.24, 2.45) is 11.1 Å². The molecule has 1 aromatic carbocycles. The summed E-state index contributed by atoms with van der Waals surface area (Å²) in [4.78, 5) is -0.0770. The topological polar surface area (TPSA) is 63.4 Å². The van der Waals surface area contributed by atoms with Crippen LogP contribution >= 0.6 is 11.6 Å². The molecule has 4 nitrogen and oxygen atoms in total. The van der Waals surface area contributed by atoms with Crippen molar-refractivity contribution in [3.8, 4) is 0 Å². The fourth-order valence-electron chi connectivity index (χ4n) is 1.90. The number of halogens is 2. The molecule has 0 unspecified atom stereocenters. The normalized spacial score (nSPS) is 12.9. The number of nitrogens with two attached hydrogens (primary N) is 1. The first-order chi connectivity index (χ1) is 9.64. The zero-order valence-electron chi connectivity index (χ0n) is 12.6. The van der Waals surface area contributed by atoms with Crippen LogP contribution in [0.3, 0.4) is 0 Å². The van der Waals surface area contributed by atoms with Crippen molar-refractivity contribution < 1.29 is 12.8 Å². The Labute approximate surface area is 131 Å². The summed E-state index contributed by atoms with van der Waals surface area (Å²) in [6.45, 7) is 6.70. The number of sulfonamides is 1. The Morgan fingerprint density at radius 1 is 1.38 bits per heavy atom. The lowest BCUT2D eigenvalue weighted by molar-refractivity contribution is 0.266. The van der Waals surface area contributed by atoms with Gasteiger partial charge < -0.3 is 5.73 Å². The first-order valence-electron chi connectivity index (χ1n) is 6.79. The average molecular weight is 337 g/mol. The van der Waals surface area contributed by atoms with E-state index in [1.165, 1.54) is 10.4 Å². The molecule has 1 aromatic rings. The second-order valence-electron chi connectivity index (χ2n) is 5.78. The molecule has 7 heteroatoms. The van der Waals surface area contributed by atoms with Gasteiger partial charge in [-0.15, -0.1) is 0 Å². The lowest BCUT2D eigenvalue weighted by Crippen LogP contribution is -2.42. The van der Waals surface area contributed by atoms with Crippen LogP contribution < -0.4 is 5.73 Å². The molecule has 0 amide bonds. The van der Waals surface area contributed by atoms with Crippen LogP contribution in [0.4, 0.5) is 4.39 Å². The molecule has 0 aromatic heterocycles. The highest BCUT2D eigenvalue weighted by Gasteiger charge is 2.31. The highest BCUT2D eigenvalue weighted by molar-refractivity contribution is 7.89. The van der Waals surface area contributed by atoms with E-state index in [1.807, 2.05) is 20.8 Å². The molecule has 0 heterocycles. The Morgan fingerprint density at radius 3 is 2.48 bits per heavy atom. The predicted octanol–water partition coefficient (Wildman–Crippen LogP) is 2.86. The SMILES string of the molecule is CCCN(CC(C)(C)CN)S(=O)(=O)c1ccc(F)cc1Cl. The van der Waals surface area contributed by atoms with Crippen molar-refractivity contribution >= 4 is 21.6 Å². The summed E-state index contributed by atoms with van der Waals surface area (Å²) in [5.41, 5.74) is 5.33. The first kappa shape index (κ1) is 18.4. The van der Waals surface area contributed by atoms with E-state index in [-0.39, 0.29) is 21.9 Å². The Hall–Kier alpha value is -0.690. The molecule has 0 bridgehead atoms. The van der Waals surface area contributed by atoms with Gasteiger partial charge in [0.2, 0.25) is 10.0 Å². The monoisotopic (exact) mass is 336 g/mol. The second kappa shape index (κ2) is 7.05. The summed E-state index contributed by atoms with van der Waals surface area (Å²) in [7, 11) is -3.77. The Morgan fingerprint density at radius 2 is 2.00 bits per heavy atom. The molecule has 0 fully saturated rings. The summed E-state index contributed by atoms with van der Waals surface area (Å²) in [6, 6.07) is 3.30. The van der Waals surface area contributed by atoms with Gasteiger partial charge in [0.25, 0.3) is 0 Å². The molecule has 1 rings (SSSR count). The zero-order valence-corrected chi connectivity index (χ0v) is 14.1. The van der Waals surface area contributed by atoms with Gasteiger partial charge in [0.05, 0.1) is 5.02 Å². The smallest absolute Gasteiger partial charge is 0.244 e. The highest BCUT2D eigenvalue weighted by atomic mass is 35.5. The van der Waals surface area contributed by atoms with Crippen LogP contribution in [0.25, 0.3) is 0 Å². The maximum absolute atomic E-state index is 13.1. The van der Waals surface area contributed by atoms with Gasteiger partial charge >= 0.3 is 0 Å². The minimum Gasteiger partial charge on any atom is -0.330 e. The molecule has 0 aliphatic carbocycles. The molecule has 0 spiro atoms. The van der Waals surface area contributed by atoms with E-state index in [4.69, 9.17) is 17.3 Å². The van der Waals surface area contributed by atoms with Crippen molar-refractivity contribution in [3.05, 3.63) is 29.0 Å². The third-order valence-electron chi connectivity index (χ3n) is 3.14. The molecule has 0 saturated heterocycles. The van der Waals surface area contributed by atoms with Crippen molar-refractivity contribution in [1.29, 1.82) is 0 Å². The van der Waals surface area contributed by atoms with Gasteiger partial charge in [-0.3, -0.25) is 0 Å². The molecule has 0 saturated carbocycles. The molecular weight excluding hydrogens is 315 g/mol. The van der Waals surface area contributed by atoms with Crippen LogP contribution in [0, 0.1) is 11.2 Å². The predicted molar refractivity (Wildman–Crippen MR) is 83.3 cm³/mol. The molecule has 21 heavy (non-hydrogen) atoms. The average Bonchev–Trinajstić information content (AvgIpc) is 2.37. The Balaban J connectivity index is 3.21. The second-order valence-corrected chi connectivity index (χ2v) is 8.10. The lowest BCUT2D eigenvalue weighted by Gasteiger charge is -2.31. The summed E-state index contributed by atoms with van der Waals surface area (Å²) in [5, 5.41) is -0.110. The van der Waals surface area contributed by atoms with E-state index in [0.717, 1.165) is 12.1 Å². The quantitative estimate of drug-likeness (QED) is 0.832. The van der Waals surface area contributed by atoms with E-state index in [9.17, 15) is 12.8 Å². The van der Waals surface area contributed by atoms with E-state index >= 15 is 0 Å². The van der Waals surface area contributed by atoms with Crippen LogP contribution in [-0.4, -0.2) is 32.4 Å². The zero-order chi connectivity index (χ0) is 16.3. The van der Waals surface area contributed by atoms with E-state index in [0.29, 0.717) is 19.5 Å². The maximum Gasteiger partial charge on any atom is 0.244 e. The third kappa shape index (κ3) is 4.64. The van der Waals surface area contributed by atoms with Gasteiger partial charge in [-0.1, -0.05) is 32.4 Å². The standard InChI is InChI=1S/C14H22ClFN2O2S/c1-4-7-18(10-14(2,3)9-17)21(19,20)13-6-5-11(16)8-12(13)15/h5-6,8H,4,7,9-10,17H2,1-3H3. The number of rotatable bonds is 7. The Bertz CT molecular complexity index is 591. The largest absolute Gasteiger partial charge is 0.330 e. The fraction of sp³-hybridized carbons (Fsp3) is 0.571. The third-order valence-corrected chi connectivity index (χ3v) is 5.47. The van der Waals surface area contributed by atoms with Gasteiger partial charge in [0.15, 0.2) is 0 Å². The molecule has 0 radical (unpaired) electrons.